The van der Waals surface area contributed by atoms with Gasteiger partial charge in [-0.3, -0.25) is 0 Å². The summed E-state index contributed by atoms with van der Waals surface area (Å²) in [6.07, 6.45) is 4.39. The molecule has 13 heavy (non-hydrogen) atoms. The number of aliphatic hydroxyl groups is 1. The van der Waals surface area contributed by atoms with Gasteiger partial charge in [-0.25, -0.2) is 4.79 Å². The summed E-state index contributed by atoms with van der Waals surface area (Å²) in [4.78, 5) is 11.0. The lowest BCUT2D eigenvalue weighted by Crippen LogP contribution is -2.40. The number of terminal acetylenes is 1. The molecule has 0 aromatic rings. The lowest BCUT2D eigenvalue weighted by Gasteiger charge is -2.20. The van der Waals surface area contributed by atoms with E-state index in [-0.39, 0.29) is 6.61 Å². The summed E-state index contributed by atoms with van der Waals surface area (Å²) in [6.45, 7) is 4.94. The first-order chi connectivity index (χ1) is 5.89. The van der Waals surface area contributed by atoms with E-state index >= 15 is 0 Å². The molecule has 0 saturated heterocycles. The minimum Gasteiger partial charge on any atom is -0.444 e. The normalized spacial score (nSPS) is 12.8. The van der Waals surface area contributed by atoms with Crippen LogP contribution in [0.25, 0.3) is 0 Å². The minimum absolute atomic E-state index is 0.296. The largest absolute Gasteiger partial charge is 0.444 e. The highest BCUT2D eigenvalue weighted by molar-refractivity contribution is 5.68. The highest BCUT2D eigenvalue weighted by atomic mass is 16.6. The van der Waals surface area contributed by atoms with Crippen LogP contribution in [0.15, 0.2) is 0 Å². The van der Waals surface area contributed by atoms with Crippen molar-refractivity contribution in [2.75, 3.05) is 6.61 Å². The number of hydrogen-bond donors (Lipinski definition) is 2. The average Bonchev–Trinajstić information content (AvgIpc) is 1.96. The summed E-state index contributed by atoms with van der Waals surface area (Å²) < 4.78 is 4.92. The van der Waals surface area contributed by atoms with Crippen LogP contribution in [0.5, 0.6) is 0 Å². The van der Waals surface area contributed by atoms with Gasteiger partial charge >= 0.3 is 6.09 Å². The second kappa shape index (κ2) is 4.73. The van der Waals surface area contributed by atoms with Crippen LogP contribution in [-0.2, 0) is 4.74 Å². The number of aliphatic hydroxyl groups excluding tert-OH is 1. The maximum atomic E-state index is 11.0. The number of nitrogens with one attached hydrogen (secondary N) is 1. The van der Waals surface area contributed by atoms with E-state index in [1.54, 1.807) is 20.8 Å². The van der Waals surface area contributed by atoms with Gasteiger partial charge < -0.3 is 15.2 Å². The van der Waals surface area contributed by atoms with Gasteiger partial charge in [0.05, 0.1) is 6.61 Å². The van der Waals surface area contributed by atoms with Crippen LogP contribution in [0, 0.1) is 12.3 Å². The number of hydrogen-bond acceptors (Lipinski definition) is 3. The summed E-state index contributed by atoms with van der Waals surface area (Å²) in [7, 11) is 0. The summed E-state index contributed by atoms with van der Waals surface area (Å²) in [5.41, 5.74) is -0.557. The molecule has 0 spiro atoms. The van der Waals surface area contributed by atoms with Crippen molar-refractivity contribution >= 4 is 6.09 Å². The molecule has 0 aromatic heterocycles. The average molecular weight is 185 g/mol. The first kappa shape index (κ1) is 11.8. The Kier molecular flexibility index (Phi) is 4.29. The Hall–Kier alpha value is -1.21. The number of alkyl carbamates (subject to hydrolysis) is 1. The van der Waals surface area contributed by atoms with Crippen molar-refractivity contribution in [3.63, 3.8) is 0 Å². The number of ether oxygens (including phenoxy) is 1. The van der Waals surface area contributed by atoms with Crippen molar-refractivity contribution in [3.05, 3.63) is 0 Å². The molecule has 0 heterocycles. The molecule has 0 bridgehead atoms. The van der Waals surface area contributed by atoms with Crippen molar-refractivity contribution in [1.82, 2.24) is 5.32 Å². The molecule has 74 valence electrons. The lowest BCUT2D eigenvalue weighted by atomic mass is 10.2. The van der Waals surface area contributed by atoms with E-state index in [1.807, 2.05) is 0 Å². The Bertz CT molecular complexity index is 212. The summed E-state index contributed by atoms with van der Waals surface area (Å²) in [5.74, 6) is 2.21. The number of carbonyl (C=O) groups excluding carboxylic acids is 1. The standard InChI is InChI=1S/C9H15NO3/c1-5-7(6-11)10-8(12)13-9(2,3)4/h1,7,11H,6H2,2-4H3,(H,10,12). The van der Waals surface area contributed by atoms with Crippen LogP contribution in [-0.4, -0.2) is 29.4 Å². The Morgan fingerprint density at radius 3 is 2.54 bits per heavy atom. The molecular weight excluding hydrogens is 170 g/mol. The molecule has 4 heteroatoms. The Morgan fingerprint density at radius 1 is 1.69 bits per heavy atom. The molecule has 0 saturated carbocycles. The van der Waals surface area contributed by atoms with Crippen molar-refractivity contribution in [2.45, 2.75) is 32.4 Å². The predicted octanol–water partition coefficient (Wildman–Crippen LogP) is 0.505. The topological polar surface area (TPSA) is 58.6 Å². The molecule has 0 aromatic carbocycles. The van der Waals surface area contributed by atoms with Gasteiger partial charge in [-0.2, -0.15) is 0 Å². The lowest BCUT2D eigenvalue weighted by molar-refractivity contribution is 0.0501. The minimum atomic E-state index is -0.685. The zero-order valence-corrected chi connectivity index (χ0v) is 8.13. The molecule has 1 amide bonds. The van der Waals surface area contributed by atoms with Gasteiger partial charge in [0.2, 0.25) is 0 Å². The third-order valence-electron chi connectivity index (χ3n) is 1.07. The van der Waals surface area contributed by atoms with Crippen LogP contribution in [0.1, 0.15) is 20.8 Å². The quantitative estimate of drug-likeness (QED) is 0.616. The van der Waals surface area contributed by atoms with Crippen molar-refractivity contribution < 1.29 is 14.6 Å². The second-order valence-corrected chi connectivity index (χ2v) is 3.55. The van der Waals surface area contributed by atoms with Crippen molar-refractivity contribution in [2.24, 2.45) is 0 Å². The molecule has 0 rings (SSSR count). The van der Waals surface area contributed by atoms with E-state index in [0.29, 0.717) is 0 Å². The molecule has 1 unspecified atom stereocenters. The molecule has 0 radical (unpaired) electrons. The van der Waals surface area contributed by atoms with Crippen LogP contribution < -0.4 is 5.32 Å². The van der Waals surface area contributed by atoms with E-state index in [4.69, 9.17) is 16.3 Å². The van der Waals surface area contributed by atoms with Crippen molar-refractivity contribution in [3.8, 4) is 12.3 Å². The fourth-order valence-electron chi connectivity index (χ4n) is 0.590. The molecule has 0 aliphatic heterocycles. The van der Waals surface area contributed by atoms with Crippen LogP contribution >= 0.6 is 0 Å². The molecular formula is C9H15NO3. The van der Waals surface area contributed by atoms with Gasteiger partial charge in [-0.15, -0.1) is 6.42 Å². The predicted molar refractivity (Wildman–Crippen MR) is 49.1 cm³/mol. The third kappa shape index (κ3) is 6.00. The third-order valence-corrected chi connectivity index (χ3v) is 1.07. The van der Waals surface area contributed by atoms with Gasteiger partial charge in [0.25, 0.3) is 0 Å². The highest BCUT2D eigenvalue weighted by Crippen LogP contribution is 2.06. The van der Waals surface area contributed by atoms with Gasteiger partial charge in [0.1, 0.15) is 11.6 Å². The zero-order valence-electron chi connectivity index (χ0n) is 8.13. The van der Waals surface area contributed by atoms with Gasteiger partial charge in [0, 0.05) is 0 Å². The maximum Gasteiger partial charge on any atom is 0.408 e. The zero-order chi connectivity index (χ0) is 10.5. The SMILES string of the molecule is C#CC(CO)NC(=O)OC(C)(C)C. The first-order valence-corrected chi connectivity index (χ1v) is 3.95. The Balaban J connectivity index is 3.96. The molecule has 2 N–H and O–H groups in total. The number of rotatable bonds is 2. The van der Waals surface area contributed by atoms with Crippen molar-refractivity contribution in [1.29, 1.82) is 0 Å². The summed E-state index contributed by atoms with van der Waals surface area (Å²) in [5, 5.41) is 11.0. The molecule has 0 fully saturated rings. The fourth-order valence-corrected chi connectivity index (χ4v) is 0.590. The molecule has 0 aliphatic carbocycles. The smallest absolute Gasteiger partial charge is 0.408 e. The maximum absolute atomic E-state index is 11.0. The number of amides is 1. The fraction of sp³-hybridized carbons (Fsp3) is 0.667. The summed E-state index contributed by atoms with van der Waals surface area (Å²) in [6, 6.07) is -0.685. The van der Waals surface area contributed by atoms with Gasteiger partial charge in [-0.05, 0) is 20.8 Å². The van der Waals surface area contributed by atoms with E-state index < -0.39 is 17.7 Å². The van der Waals surface area contributed by atoms with E-state index in [1.165, 1.54) is 0 Å². The number of carbonyl (C=O) groups is 1. The highest BCUT2D eigenvalue weighted by Gasteiger charge is 2.17. The Morgan fingerprint density at radius 2 is 2.23 bits per heavy atom. The van der Waals surface area contributed by atoms with E-state index in [9.17, 15) is 4.79 Å². The molecule has 1 atom stereocenters. The van der Waals surface area contributed by atoms with E-state index in [2.05, 4.69) is 11.2 Å². The van der Waals surface area contributed by atoms with Crippen LogP contribution in [0.3, 0.4) is 0 Å². The Labute approximate surface area is 78.3 Å². The van der Waals surface area contributed by atoms with Gasteiger partial charge in [-0.1, -0.05) is 5.92 Å². The van der Waals surface area contributed by atoms with Gasteiger partial charge in [0.15, 0.2) is 0 Å². The summed E-state index contributed by atoms with van der Waals surface area (Å²) >= 11 is 0. The van der Waals surface area contributed by atoms with E-state index in [0.717, 1.165) is 0 Å². The second-order valence-electron chi connectivity index (χ2n) is 3.55. The molecule has 0 aliphatic rings. The molecule has 4 nitrogen and oxygen atoms in total. The first-order valence-electron chi connectivity index (χ1n) is 3.95. The monoisotopic (exact) mass is 185 g/mol. The van der Waals surface area contributed by atoms with Crippen LogP contribution in [0.4, 0.5) is 4.79 Å². The van der Waals surface area contributed by atoms with Crippen LogP contribution in [0.2, 0.25) is 0 Å².